The summed E-state index contributed by atoms with van der Waals surface area (Å²) < 4.78 is 7.70. The third-order valence-corrected chi connectivity index (χ3v) is 3.60. The van der Waals surface area contributed by atoms with Crippen molar-refractivity contribution >= 4 is 0 Å². The van der Waals surface area contributed by atoms with Gasteiger partial charge < -0.3 is 10.5 Å². The normalized spacial score (nSPS) is 14.5. The van der Waals surface area contributed by atoms with Crippen molar-refractivity contribution in [2.75, 3.05) is 6.61 Å². The van der Waals surface area contributed by atoms with E-state index in [0.29, 0.717) is 25.6 Å². The number of nitrogens with two attached hydrogens (primary N) is 1. The minimum absolute atomic E-state index is 0.463. The third-order valence-electron chi connectivity index (χ3n) is 3.60. The molecule has 20 heavy (non-hydrogen) atoms. The molecule has 0 saturated heterocycles. The SMILES string of the molecule is Cc1ccc(OCCn2nnc(CN)c2C2CC2)cc1. The molecule has 3 rings (SSSR count). The van der Waals surface area contributed by atoms with E-state index in [0.717, 1.165) is 11.4 Å². The Morgan fingerprint density at radius 2 is 2.05 bits per heavy atom. The van der Waals surface area contributed by atoms with E-state index >= 15 is 0 Å². The Kier molecular flexibility index (Phi) is 3.69. The van der Waals surface area contributed by atoms with Crippen molar-refractivity contribution in [2.24, 2.45) is 5.73 Å². The number of hydrogen-bond acceptors (Lipinski definition) is 4. The summed E-state index contributed by atoms with van der Waals surface area (Å²) in [7, 11) is 0. The fourth-order valence-corrected chi connectivity index (χ4v) is 2.35. The van der Waals surface area contributed by atoms with Gasteiger partial charge in [0, 0.05) is 12.5 Å². The lowest BCUT2D eigenvalue weighted by Crippen LogP contribution is -2.13. The summed E-state index contributed by atoms with van der Waals surface area (Å²) in [6.07, 6.45) is 2.44. The minimum Gasteiger partial charge on any atom is -0.492 e. The summed E-state index contributed by atoms with van der Waals surface area (Å²) in [6.45, 7) is 3.84. The van der Waals surface area contributed by atoms with Gasteiger partial charge >= 0.3 is 0 Å². The minimum atomic E-state index is 0.463. The van der Waals surface area contributed by atoms with Crippen molar-refractivity contribution in [3.8, 4) is 5.75 Å². The van der Waals surface area contributed by atoms with E-state index in [1.165, 1.54) is 24.1 Å². The molecule has 2 N–H and O–H groups in total. The third kappa shape index (κ3) is 2.82. The lowest BCUT2D eigenvalue weighted by Gasteiger charge is -2.09. The maximum atomic E-state index is 5.74. The average Bonchev–Trinajstić information content (AvgIpc) is 3.22. The second kappa shape index (κ2) is 5.63. The quantitative estimate of drug-likeness (QED) is 0.873. The molecule has 5 nitrogen and oxygen atoms in total. The Labute approximate surface area is 118 Å². The van der Waals surface area contributed by atoms with E-state index in [9.17, 15) is 0 Å². The fraction of sp³-hybridized carbons (Fsp3) is 0.467. The molecule has 1 aliphatic carbocycles. The van der Waals surface area contributed by atoms with Gasteiger partial charge in [-0.05, 0) is 31.9 Å². The number of benzene rings is 1. The first-order valence-corrected chi connectivity index (χ1v) is 7.09. The summed E-state index contributed by atoms with van der Waals surface area (Å²) in [6, 6.07) is 8.08. The lowest BCUT2D eigenvalue weighted by atomic mass is 10.2. The van der Waals surface area contributed by atoms with Crippen LogP contribution >= 0.6 is 0 Å². The highest BCUT2D eigenvalue weighted by Gasteiger charge is 2.30. The predicted molar refractivity (Wildman–Crippen MR) is 76.6 cm³/mol. The monoisotopic (exact) mass is 272 g/mol. The van der Waals surface area contributed by atoms with Crippen LogP contribution in [0.5, 0.6) is 5.75 Å². The number of hydrogen-bond donors (Lipinski definition) is 1. The highest BCUT2D eigenvalue weighted by molar-refractivity contribution is 5.26. The lowest BCUT2D eigenvalue weighted by molar-refractivity contribution is 0.287. The first-order valence-electron chi connectivity index (χ1n) is 7.09. The molecule has 0 bridgehead atoms. The van der Waals surface area contributed by atoms with Gasteiger partial charge in [0.2, 0.25) is 0 Å². The molecule has 0 amide bonds. The average molecular weight is 272 g/mol. The van der Waals surface area contributed by atoms with Crippen LogP contribution in [0.25, 0.3) is 0 Å². The van der Waals surface area contributed by atoms with Crippen molar-refractivity contribution in [1.29, 1.82) is 0 Å². The van der Waals surface area contributed by atoms with Crippen molar-refractivity contribution in [1.82, 2.24) is 15.0 Å². The number of nitrogens with zero attached hydrogens (tertiary/aromatic N) is 3. The van der Waals surface area contributed by atoms with E-state index in [2.05, 4.69) is 17.2 Å². The van der Waals surface area contributed by atoms with Gasteiger partial charge in [0.15, 0.2) is 0 Å². The maximum absolute atomic E-state index is 5.74. The van der Waals surface area contributed by atoms with Gasteiger partial charge in [-0.25, -0.2) is 4.68 Å². The molecule has 0 spiro atoms. The number of aryl methyl sites for hydroxylation is 1. The smallest absolute Gasteiger partial charge is 0.119 e. The van der Waals surface area contributed by atoms with Crippen LogP contribution in [0.15, 0.2) is 24.3 Å². The molecular weight excluding hydrogens is 252 g/mol. The van der Waals surface area contributed by atoms with Crippen LogP contribution in [0, 0.1) is 6.92 Å². The van der Waals surface area contributed by atoms with Gasteiger partial charge in [0.25, 0.3) is 0 Å². The molecule has 1 aliphatic rings. The number of rotatable bonds is 6. The Bertz CT molecular complexity index is 572. The summed E-state index contributed by atoms with van der Waals surface area (Å²) in [5.41, 5.74) is 9.09. The summed E-state index contributed by atoms with van der Waals surface area (Å²) in [5.74, 6) is 1.49. The van der Waals surface area contributed by atoms with E-state index in [1.54, 1.807) is 0 Å². The van der Waals surface area contributed by atoms with Crippen LogP contribution in [0.3, 0.4) is 0 Å². The van der Waals surface area contributed by atoms with Crippen molar-refractivity contribution in [3.05, 3.63) is 41.2 Å². The van der Waals surface area contributed by atoms with Crippen LogP contribution in [-0.2, 0) is 13.1 Å². The zero-order valence-electron chi connectivity index (χ0n) is 11.7. The van der Waals surface area contributed by atoms with E-state index < -0.39 is 0 Å². The number of ether oxygens (including phenoxy) is 1. The standard InChI is InChI=1S/C15H20N4O/c1-11-2-6-13(7-3-11)20-9-8-19-15(12-4-5-12)14(10-16)17-18-19/h2-3,6-7,12H,4-5,8-10,16H2,1H3. The summed E-state index contributed by atoms with van der Waals surface area (Å²) in [5, 5.41) is 8.37. The highest BCUT2D eigenvalue weighted by atomic mass is 16.5. The van der Waals surface area contributed by atoms with Crippen molar-refractivity contribution < 1.29 is 4.74 Å². The van der Waals surface area contributed by atoms with Crippen molar-refractivity contribution in [3.63, 3.8) is 0 Å². The van der Waals surface area contributed by atoms with Gasteiger partial charge in [-0.2, -0.15) is 0 Å². The molecule has 0 unspecified atom stereocenters. The molecule has 0 radical (unpaired) electrons. The van der Waals surface area contributed by atoms with Crippen LogP contribution in [-0.4, -0.2) is 21.6 Å². The van der Waals surface area contributed by atoms with Crippen LogP contribution < -0.4 is 10.5 Å². The Morgan fingerprint density at radius 3 is 2.70 bits per heavy atom. The topological polar surface area (TPSA) is 66.0 Å². The van der Waals surface area contributed by atoms with Gasteiger partial charge in [0.05, 0.1) is 17.9 Å². The molecule has 1 saturated carbocycles. The highest BCUT2D eigenvalue weighted by Crippen LogP contribution is 2.41. The van der Waals surface area contributed by atoms with Gasteiger partial charge in [-0.1, -0.05) is 22.9 Å². The molecule has 1 aromatic carbocycles. The molecule has 1 aromatic heterocycles. The van der Waals surface area contributed by atoms with E-state index in [4.69, 9.17) is 10.5 Å². The van der Waals surface area contributed by atoms with Crippen molar-refractivity contribution in [2.45, 2.75) is 38.8 Å². The molecule has 5 heteroatoms. The van der Waals surface area contributed by atoms with Crippen LogP contribution in [0.4, 0.5) is 0 Å². The second-order valence-electron chi connectivity index (χ2n) is 5.28. The predicted octanol–water partition coefficient (Wildman–Crippen LogP) is 2.00. The molecule has 0 atom stereocenters. The Morgan fingerprint density at radius 1 is 1.30 bits per heavy atom. The zero-order valence-corrected chi connectivity index (χ0v) is 11.7. The summed E-state index contributed by atoms with van der Waals surface area (Å²) >= 11 is 0. The molecule has 106 valence electrons. The van der Waals surface area contributed by atoms with Gasteiger partial charge in [-0.3, -0.25) is 0 Å². The Balaban J connectivity index is 1.61. The van der Waals surface area contributed by atoms with E-state index in [1.807, 2.05) is 28.9 Å². The van der Waals surface area contributed by atoms with Crippen LogP contribution in [0.1, 0.15) is 35.7 Å². The second-order valence-corrected chi connectivity index (χ2v) is 5.28. The molecular formula is C15H20N4O. The molecule has 1 fully saturated rings. The first-order chi connectivity index (χ1) is 9.78. The first kappa shape index (κ1) is 13.1. The summed E-state index contributed by atoms with van der Waals surface area (Å²) in [4.78, 5) is 0. The van der Waals surface area contributed by atoms with Gasteiger partial charge in [-0.15, -0.1) is 5.10 Å². The number of aromatic nitrogens is 3. The maximum Gasteiger partial charge on any atom is 0.119 e. The zero-order chi connectivity index (χ0) is 13.9. The Hall–Kier alpha value is -1.88. The largest absolute Gasteiger partial charge is 0.492 e. The van der Waals surface area contributed by atoms with Crippen LogP contribution in [0.2, 0.25) is 0 Å². The molecule has 0 aliphatic heterocycles. The molecule has 2 aromatic rings. The fourth-order valence-electron chi connectivity index (χ4n) is 2.35. The van der Waals surface area contributed by atoms with E-state index in [-0.39, 0.29) is 0 Å². The van der Waals surface area contributed by atoms with Gasteiger partial charge in [0.1, 0.15) is 12.4 Å². The molecule has 1 heterocycles.